The Morgan fingerprint density at radius 1 is 1.19 bits per heavy atom. The maximum absolute atomic E-state index is 12.4. The zero-order valence-corrected chi connectivity index (χ0v) is 11.8. The first-order valence-electron chi connectivity index (χ1n) is 6.46. The molecule has 0 unspecified atom stereocenters. The van der Waals surface area contributed by atoms with Crippen molar-refractivity contribution in [2.75, 3.05) is 18.4 Å². The van der Waals surface area contributed by atoms with Crippen LogP contribution in [0.2, 0.25) is 0 Å². The normalized spacial score (nSPS) is 11.1. The van der Waals surface area contributed by atoms with Gasteiger partial charge in [-0.2, -0.15) is 13.2 Å². The second-order valence-electron chi connectivity index (χ2n) is 4.60. The number of benzene rings is 1. The number of rotatable bonds is 5. The fourth-order valence-corrected chi connectivity index (χ4v) is 1.73. The standard InChI is InChI=1S/C14H17F3N2O2/c1-3-8-19(9-14(15,16)17)13(21)18-12-6-4-11(5-7-12)10(2)20/h4-7H,3,8-9H2,1-2H3,(H,18,21). The van der Waals surface area contributed by atoms with E-state index < -0.39 is 18.8 Å². The smallest absolute Gasteiger partial charge is 0.315 e. The van der Waals surface area contributed by atoms with Gasteiger partial charge >= 0.3 is 12.2 Å². The summed E-state index contributed by atoms with van der Waals surface area (Å²) in [6, 6.07) is 5.15. The molecule has 1 N–H and O–H groups in total. The number of amides is 2. The number of urea groups is 1. The van der Waals surface area contributed by atoms with E-state index in [-0.39, 0.29) is 12.3 Å². The third-order valence-corrected chi connectivity index (χ3v) is 2.69. The fourth-order valence-electron chi connectivity index (χ4n) is 1.73. The van der Waals surface area contributed by atoms with Crippen molar-refractivity contribution in [1.29, 1.82) is 0 Å². The van der Waals surface area contributed by atoms with E-state index >= 15 is 0 Å². The topological polar surface area (TPSA) is 49.4 Å². The van der Waals surface area contributed by atoms with Gasteiger partial charge in [-0.15, -0.1) is 0 Å². The number of carbonyl (C=O) groups excluding carboxylic acids is 2. The Hall–Kier alpha value is -2.05. The van der Waals surface area contributed by atoms with Crippen LogP contribution < -0.4 is 5.32 Å². The third-order valence-electron chi connectivity index (χ3n) is 2.69. The summed E-state index contributed by atoms with van der Waals surface area (Å²) in [5.41, 5.74) is 0.807. The molecule has 0 aliphatic carbocycles. The molecule has 0 radical (unpaired) electrons. The molecule has 1 aromatic rings. The number of nitrogens with one attached hydrogen (secondary N) is 1. The lowest BCUT2D eigenvalue weighted by Gasteiger charge is -2.23. The van der Waals surface area contributed by atoms with Gasteiger partial charge in [0, 0.05) is 17.8 Å². The molecule has 1 aromatic carbocycles. The summed E-state index contributed by atoms with van der Waals surface area (Å²) in [6.07, 6.45) is -4.02. The second kappa shape index (κ2) is 7.10. The Balaban J connectivity index is 2.74. The minimum Gasteiger partial charge on any atom is -0.315 e. The Morgan fingerprint density at radius 3 is 2.19 bits per heavy atom. The van der Waals surface area contributed by atoms with E-state index in [1.807, 2.05) is 0 Å². The average Bonchev–Trinajstić information content (AvgIpc) is 2.37. The molecule has 0 heterocycles. The number of alkyl halides is 3. The number of carbonyl (C=O) groups is 2. The molecule has 7 heteroatoms. The van der Waals surface area contributed by atoms with E-state index in [0.29, 0.717) is 22.6 Å². The quantitative estimate of drug-likeness (QED) is 0.843. The van der Waals surface area contributed by atoms with E-state index in [9.17, 15) is 22.8 Å². The minimum absolute atomic E-state index is 0.0108. The zero-order chi connectivity index (χ0) is 16.0. The van der Waals surface area contributed by atoms with E-state index in [0.717, 1.165) is 0 Å². The van der Waals surface area contributed by atoms with E-state index in [4.69, 9.17) is 0 Å². The summed E-state index contributed by atoms with van der Waals surface area (Å²) in [5, 5.41) is 2.39. The number of ketones is 1. The van der Waals surface area contributed by atoms with Gasteiger partial charge in [0.05, 0.1) is 0 Å². The van der Waals surface area contributed by atoms with Crippen LogP contribution in [0.5, 0.6) is 0 Å². The Labute approximate surface area is 120 Å². The van der Waals surface area contributed by atoms with Gasteiger partial charge in [-0.05, 0) is 37.6 Å². The number of Topliss-reactive ketones (excluding diaryl/α,β-unsaturated/α-hetero) is 1. The molecular weight excluding hydrogens is 285 g/mol. The van der Waals surface area contributed by atoms with Crippen LogP contribution in [0.1, 0.15) is 30.6 Å². The summed E-state index contributed by atoms with van der Waals surface area (Å²) in [6.45, 7) is 1.81. The van der Waals surface area contributed by atoms with Crippen molar-refractivity contribution < 1.29 is 22.8 Å². The monoisotopic (exact) mass is 302 g/mol. The van der Waals surface area contributed by atoms with E-state index in [2.05, 4.69) is 5.32 Å². The molecule has 2 amide bonds. The number of halogens is 3. The number of anilines is 1. The van der Waals surface area contributed by atoms with Crippen LogP contribution in [0.3, 0.4) is 0 Å². The SMILES string of the molecule is CCCN(CC(F)(F)F)C(=O)Nc1ccc(C(C)=O)cc1. The van der Waals surface area contributed by atoms with Crippen molar-refractivity contribution in [2.24, 2.45) is 0 Å². The minimum atomic E-state index is -4.44. The van der Waals surface area contributed by atoms with Crippen molar-refractivity contribution in [3.63, 3.8) is 0 Å². The molecule has 0 fully saturated rings. The number of hydrogen-bond acceptors (Lipinski definition) is 2. The lowest BCUT2D eigenvalue weighted by Crippen LogP contribution is -2.41. The zero-order valence-electron chi connectivity index (χ0n) is 11.8. The van der Waals surface area contributed by atoms with Gasteiger partial charge in [-0.1, -0.05) is 6.92 Å². The van der Waals surface area contributed by atoms with Crippen LogP contribution in [-0.2, 0) is 0 Å². The van der Waals surface area contributed by atoms with Crippen molar-refractivity contribution in [1.82, 2.24) is 4.90 Å². The Morgan fingerprint density at radius 2 is 1.76 bits per heavy atom. The highest BCUT2D eigenvalue weighted by molar-refractivity contribution is 5.95. The molecule has 21 heavy (non-hydrogen) atoms. The largest absolute Gasteiger partial charge is 0.406 e. The fraction of sp³-hybridized carbons (Fsp3) is 0.429. The lowest BCUT2D eigenvalue weighted by atomic mass is 10.1. The summed E-state index contributed by atoms with van der Waals surface area (Å²) < 4.78 is 37.2. The molecule has 0 aromatic heterocycles. The molecule has 0 saturated carbocycles. The van der Waals surface area contributed by atoms with Crippen molar-refractivity contribution in [3.8, 4) is 0 Å². The van der Waals surface area contributed by atoms with Gasteiger partial charge in [-0.3, -0.25) is 4.79 Å². The maximum atomic E-state index is 12.4. The molecule has 4 nitrogen and oxygen atoms in total. The number of nitrogens with zero attached hydrogens (tertiary/aromatic N) is 1. The van der Waals surface area contributed by atoms with Gasteiger partial charge in [0.15, 0.2) is 5.78 Å². The summed E-state index contributed by atoms with van der Waals surface area (Å²) in [7, 11) is 0. The summed E-state index contributed by atoms with van der Waals surface area (Å²) in [5.74, 6) is -0.127. The molecule has 0 bridgehead atoms. The molecule has 116 valence electrons. The van der Waals surface area contributed by atoms with Gasteiger partial charge in [0.1, 0.15) is 6.54 Å². The third kappa shape index (κ3) is 5.85. The van der Waals surface area contributed by atoms with Gasteiger partial charge in [0.2, 0.25) is 0 Å². The van der Waals surface area contributed by atoms with Crippen molar-refractivity contribution in [3.05, 3.63) is 29.8 Å². The van der Waals surface area contributed by atoms with Gasteiger partial charge < -0.3 is 10.2 Å². The first kappa shape index (κ1) is 17.0. The van der Waals surface area contributed by atoms with E-state index in [1.165, 1.54) is 31.2 Å². The van der Waals surface area contributed by atoms with Crippen LogP contribution in [0.15, 0.2) is 24.3 Å². The van der Waals surface area contributed by atoms with Crippen LogP contribution >= 0.6 is 0 Å². The summed E-state index contributed by atoms with van der Waals surface area (Å²) in [4.78, 5) is 23.7. The predicted molar refractivity (Wildman–Crippen MR) is 73.4 cm³/mol. The highest BCUT2D eigenvalue weighted by atomic mass is 19.4. The van der Waals surface area contributed by atoms with Crippen LogP contribution in [0, 0.1) is 0 Å². The second-order valence-corrected chi connectivity index (χ2v) is 4.60. The first-order valence-corrected chi connectivity index (χ1v) is 6.46. The molecule has 1 rings (SSSR count). The molecule has 0 aliphatic heterocycles. The summed E-state index contributed by atoms with van der Waals surface area (Å²) >= 11 is 0. The number of hydrogen-bond donors (Lipinski definition) is 1. The molecular formula is C14H17F3N2O2. The van der Waals surface area contributed by atoms with Gasteiger partial charge in [-0.25, -0.2) is 4.79 Å². The van der Waals surface area contributed by atoms with Crippen LogP contribution in [0.25, 0.3) is 0 Å². The molecule has 0 aliphatic rings. The molecule has 0 saturated heterocycles. The van der Waals surface area contributed by atoms with Crippen molar-refractivity contribution >= 4 is 17.5 Å². The average molecular weight is 302 g/mol. The highest BCUT2D eigenvalue weighted by Gasteiger charge is 2.32. The Kier molecular flexibility index (Phi) is 5.75. The Bertz CT molecular complexity index is 498. The van der Waals surface area contributed by atoms with Gasteiger partial charge in [0.25, 0.3) is 0 Å². The molecule has 0 spiro atoms. The molecule has 0 atom stereocenters. The van der Waals surface area contributed by atoms with Crippen LogP contribution in [-0.4, -0.2) is 36.0 Å². The van der Waals surface area contributed by atoms with E-state index in [1.54, 1.807) is 6.92 Å². The highest BCUT2D eigenvalue weighted by Crippen LogP contribution is 2.18. The van der Waals surface area contributed by atoms with Crippen LogP contribution in [0.4, 0.5) is 23.7 Å². The maximum Gasteiger partial charge on any atom is 0.406 e. The predicted octanol–water partition coefficient (Wildman–Crippen LogP) is 3.70. The lowest BCUT2D eigenvalue weighted by molar-refractivity contribution is -0.139. The van der Waals surface area contributed by atoms with Crippen molar-refractivity contribution in [2.45, 2.75) is 26.4 Å². The first-order chi connectivity index (χ1) is 9.73.